The van der Waals surface area contributed by atoms with E-state index in [9.17, 15) is 0 Å². The minimum Gasteiger partial charge on any atom is -0.486 e. The van der Waals surface area contributed by atoms with Crippen LogP contribution in [0.3, 0.4) is 0 Å². The lowest BCUT2D eigenvalue weighted by Gasteiger charge is -2.45. The third-order valence-electron chi connectivity index (χ3n) is 6.98. The monoisotopic (exact) mass is 429 g/mol. The molecule has 2 heterocycles. The summed E-state index contributed by atoms with van der Waals surface area (Å²) >= 11 is 0. The average molecular weight is 430 g/mol. The summed E-state index contributed by atoms with van der Waals surface area (Å²) in [7, 11) is 1.81. The lowest BCUT2D eigenvalue weighted by molar-refractivity contribution is -0.204. The second-order valence-corrected chi connectivity index (χ2v) is 9.39. The van der Waals surface area contributed by atoms with Crippen LogP contribution < -0.4 is 10.5 Å². The number of rotatable bonds is 1. The third kappa shape index (κ3) is 3.63. The van der Waals surface area contributed by atoms with E-state index in [0.717, 1.165) is 49.0 Å². The van der Waals surface area contributed by atoms with Gasteiger partial charge in [0.05, 0.1) is 5.56 Å². The summed E-state index contributed by atoms with van der Waals surface area (Å²) in [4.78, 5) is 11.2. The molecule has 2 aromatic rings. The first-order chi connectivity index (χ1) is 15.4. The van der Waals surface area contributed by atoms with E-state index in [1.54, 1.807) is 5.06 Å². The first-order valence-corrected chi connectivity index (χ1v) is 11.6. The molecule has 5 heteroatoms. The normalized spacial score (nSPS) is 27.0. The number of aryl methyl sites for hydroxylation is 1. The first kappa shape index (κ1) is 20.9. The van der Waals surface area contributed by atoms with Crippen molar-refractivity contribution in [3.63, 3.8) is 0 Å². The van der Waals surface area contributed by atoms with E-state index in [0.29, 0.717) is 18.3 Å². The number of hydrogen-bond acceptors (Lipinski definition) is 5. The Labute approximate surface area is 190 Å². The predicted octanol–water partition coefficient (Wildman–Crippen LogP) is 4.53. The van der Waals surface area contributed by atoms with Crippen molar-refractivity contribution >= 4 is 5.96 Å². The van der Waals surface area contributed by atoms with Crippen LogP contribution in [0.5, 0.6) is 5.75 Å². The molecule has 0 radical (unpaired) electrons. The van der Waals surface area contributed by atoms with Crippen molar-refractivity contribution < 1.29 is 9.57 Å². The summed E-state index contributed by atoms with van der Waals surface area (Å²) < 4.78 is 6.80. The molecule has 0 fully saturated rings. The Balaban J connectivity index is 1.59. The number of aliphatic imine (C=N–C) groups is 1. The zero-order valence-corrected chi connectivity index (χ0v) is 19.1. The number of benzene rings is 2. The number of fused-ring (bicyclic) bond motifs is 3. The molecule has 32 heavy (non-hydrogen) atoms. The standard InChI is InChI=1S/C27H31N3O2/c1-4-19(2)11-12-20-13-14-24-23(16-20)27(29-25(28)30(3)32-27)18-26(31-24)15-7-10-21-8-5-6-9-22(21)17-26/h5-6,8-9,13-14,16,19H,4,7,10,15,17-18H2,1-3H3,(H2,28,29). The van der Waals surface area contributed by atoms with Crippen LogP contribution in [0.1, 0.15) is 61.8 Å². The van der Waals surface area contributed by atoms with Crippen LogP contribution in [0.2, 0.25) is 0 Å². The molecule has 2 N–H and O–H groups in total. The summed E-state index contributed by atoms with van der Waals surface area (Å²) in [5.41, 5.74) is 9.54. The van der Waals surface area contributed by atoms with E-state index >= 15 is 0 Å². The molecule has 3 unspecified atom stereocenters. The van der Waals surface area contributed by atoms with Crippen molar-refractivity contribution in [2.24, 2.45) is 16.6 Å². The number of nitrogens with zero attached hydrogens (tertiary/aromatic N) is 2. The van der Waals surface area contributed by atoms with Crippen molar-refractivity contribution in [3.8, 4) is 17.6 Å². The fourth-order valence-electron chi connectivity index (χ4n) is 5.09. The van der Waals surface area contributed by atoms with Gasteiger partial charge in [-0.25, -0.2) is 14.9 Å². The van der Waals surface area contributed by atoms with Gasteiger partial charge in [-0.3, -0.25) is 0 Å². The van der Waals surface area contributed by atoms with Crippen LogP contribution >= 0.6 is 0 Å². The average Bonchev–Trinajstić information content (AvgIpc) is 2.95. The smallest absolute Gasteiger partial charge is 0.222 e. The van der Waals surface area contributed by atoms with Crippen molar-refractivity contribution in [2.45, 2.75) is 63.7 Å². The molecule has 0 saturated carbocycles. The highest BCUT2D eigenvalue weighted by atomic mass is 16.7. The van der Waals surface area contributed by atoms with Gasteiger partial charge in [0, 0.05) is 31.4 Å². The highest BCUT2D eigenvalue weighted by Gasteiger charge is 2.54. The second kappa shape index (κ2) is 7.86. The van der Waals surface area contributed by atoms with Gasteiger partial charge in [0.1, 0.15) is 11.4 Å². The van der Waals surface area contributed by atoms with Crippen LogP contribution in [-0.2, 0) is 23.4 Å². The lowest BCUT2D eigenvalue weighted by Crippen LogP contribution is -2.49. The summed E-state index contributed by atoms with van der Waals surface area (Å²) in [6.45, 7) is 4.29. The second-order valence-electron chi connectivity index (χ2n) is 9.39. The number of hydrogen-bond donors (Lipinski definition) is 1. The number of ether oxygens (including phenoxy) is 1. The highest BCUT2D eigenvalue weighted by molar-refractivity contribution is 5.79. The van der Waals surface area contributed by atoms with Gasteiger partial charge in [0.15, 0.2) is 0 Å². The fourth-order valence-corrected chi connectivity index (χ4v) is 5.09. The molecule has 2 spiro atoms. The molecular weight excluding hydrogens is 398 g/mol. The topological polar surface area (TPSA) is 60.1 Å². The van der Waals surface area contributed by atoms with Gasteiger partial charge < -0.3 is 10.5 Å². The molecule has 3 atom stereocenters. The van der Waals surface area contributed by atoms with Gasteiger partial charge in [0.25, 0.3) is 0 Å². The minimum absolute atomic E-state index is 0.355. The molecule has 1 aliphatic carbocycles. The molecule has 2 aliphatic heterocycles. The first-order valence-electron chi connectivity index (χ1n) is 11.6. The van der Waals surface area contributed by atoms with Gasteiger partial charge in [-0.05, 0) is 55.0 Å². The predicted molar refractivity (Wildman–Crippen MR) is 126 cm³/mol. The maximum Gasteiger partial charge on any atom is 0.222 e. The molecule has 0 aromatic heterocycles. The van der Waals surface area contributed by atoms with Crippen molar-refractivity contribution in [1.29, 1.82) is 0 Å². The van der Waals surface area contributed by atoms with E-state index in [2.05, 4.69) is 56.0 Å². The molecule has 0 bridgehead atoms. The van der Waals surface area contributed by atoms with Gasteiger partial charge in [-0.1, -0.05) is 50.0 Å². The Hall–Kier alpha value is -2.97. The number of nitrogens with two attached hydrogens (primary N) is 1. The molecule has 0 amide bonds. The van der Waals surface area contributed by atoms with Crippen LogP contribution in [0, 0.1) is 17.8 Å². The summed E-state index contributed by atoms with van der Waals surface area (Å²) in [5.74, 6) is 8.20. The number of guanidine groups is 1. The van der Waals surface area contributed by atoms with Crippen molar-refractivity contribution in [1.82, 2.24) is 5.06 Å². The van der Waals surface area contributed by atoms with E-state index in [1.165, 1.54) is 11.1 Å². The van der Waals surface area contributed by atoms with Gasteiger partial charge in [-0.2, -0.15) is 0 Å². The maximum absolute atomic E-state index is 6.80. The largest absolute Gasteiger partial charge is 0.486 e. The van der Waals surface area contributed by atoms with Gasteiger partial charge >= 0.3 is 0 Å². The summed E-state index contributed by atoms with van der Waals surface area (Å²) in [5, 5.41) is 1.57. The Morgan fingerprint density at radius 2 is 2.03 bits per heavy atom. The van der Waals surface area contributed by atoms with Crippen LogP contribution in [0.4, 0.5) is 0 Å². The quantitative estimate of drug-likeness (QED) is 0.677. The molecule has 2 aromatic carbocycles. The minimum atomic E-state index is -0.889. The fraction of sp³-hybridized carbons (Fsp3) is 0.444. The zero-order valence-electron chi connectivity index (χ0n) is 19.1. The summed E-state index contributed by atoms with van der Waals surface area (Å²) in [6.07, 6.45) is 5.56. The van der Waals surface area contributed by atoms with Crippen LogP contribution in [-0.4, -0.2) is 23.7 Å². The van der Waals surface area contributed by atoms with Crippen molar-refractivity contribution in [2.75, 3.05) is 7.05 Å². The Kier molecular flexibility index (Phi) is 5.14. The maximum atomic E-state index is 6.80. The van der Waals surface area contributed by atoms with E-state index in [1.807, 2.05) is 19.2 Å². The van der Waals surface area contributed by atoms with Crippen LogP contribution in [0.25, 0.3) is 0 Å². The molecule has 5 nitrogen and oxygen atoms in total. The van der Waals surface area contributed by atoms with Gasteiger partial charge in [-0.15, -0.1) is 0 Å². The van der Waals surface area contributed by atoms with E-state index in [4.69, 9.17) is 20.3 Å². The Morgan fingerprint density at radius 1 is 1.22 bits per heavy atom. The third-order valence-corrected chi connectivity index (χ3v) is 6.98. The molecule has 3 aliphatic rings. The Bertz CT molecular complexity index is 1130. The van der Waals surface area contributed by atoms with Crippen molar-refractivity contribution in [3.05, 3.63) is 64.7 Å². The lowest BCUT2D eigenvalue weighted by atomic mass is 9.79. The van der Waals surface area contributed by atoms with Crippen LogP contribution in [0.15, 0.2) is 47.5 Å². The molecule has 5 rings (SSSR count). The SMILES string of the molecule is CCC(C)C#Cc1ccc2c(c1)C1(CC3(CCCc4ccccc4C3)O2)N=C(N)N(C)O1. The van der Waals surface area contributed by atoms with Gasteiger partial charge in [0.2, 0.25) is 11.7 Å². The summed E-state index contributed by atoms with van der Waals surface area (Å²) in [6, 6.07) is 14.8. The highest BCUT2D eigenvalue weighted by Crippen LogP contribution is 2.52. The Morgan fingerprint density at radius 3 is 2.78 bits per heavy atom. The molecular formula is C27H31N3O2. The van der Waals surface area contributed by atoms with E-state index in [-0.39, 0.29) is 0 Å². The molecule has 166 valence electrons. The van der Waals surface area contributed by atoms with E-state index < -0.39 is 11.3 Å². The molecule has 0 saturated heterocycles. The zero-order chi connectivity index (χ0) is 22.3. The number of hydroxylamine groups is 2.